The largest absolute Gasteiger partial charge is 0.320 e. The molecular weight excluding hydrogens is 349 g/mol. The first-order chi connectivity index (χ1) is 12.9. The topological polar surface area (TPSA) is 81.1 Å². The van der Waals surface area contributed by atoms with E-state index in [9.17, 15) is 18.8 Å². The van der Waals surface area contributed by atoms with Crippen LogP contribution in [0, 0.1) is 12.7 Å². The molecule has 27 heavy (non-hydrogen) atoms. The zero-order valence-electron chi connectivity index (χ0n) is 14.7. The molecule has 0 spiro atoms. The van der Waals surface area contributed by atoms with Crippen molar-refractivity contribution in [1.82, 2.24) is 9.78 Å². The zero-order valence-corrected chi connectivity index (χ0v) is 14.7. The molecule has 1 aromatic heterocycles. The van der Waals surface area contributed by atoms with E-state index in [1.807, 2.05) is 0 Å². The molecule has 2 aromatic carbocycles. The van der Waals surface area contributed by atoms with Crippen molar-refractivity contribution in [2.24, 2.45) is 0 Å². The number of hydrogen-bond acceptors (Lipinski definition) is 4. The number of rotatable bonds is 4. The van der Waals surface area contributed by atoms with E-state index in [1.54, 1.807) is 37.3 Å². The fourth-order valence-electron chi connectivity index (χ4n) is 2.65. The number of halogens is 1. The quantitative estimate of drug-likeness (QED) is 0.720. The highest BCUT2D eigenvalue weighted by Crippen LogP contribution is 2.17. The van der Waals surface area contributed by atoms with Crippen LogP contribution >= 0.6 is 0 Å². The number of anilines is 1. The van der Waals surface area contributed by atoms with Crippen molar-refractivity contribution in [2.45, 2.75) is 13.8 Å². The molecule has 136 valence electrons. The van der Waals surface area contributed by atoms with Crippen LogP contribution in [0.2, 0.25) is 0 Å². The van der Waals surface area contributed by atoms with Gasteiger partial charge in [0.05, 0.1) is 5.69 Å². The lowest BCUT2D eigenvalue weighted by Gasteiger charge is -2.12. The van der Waals surface area contributed by atoms with Crippen molar-refractivity contribution >= 4 is 17.4 Å². The van der Waals surface area contributed by atoms with Gasteiger partial charge in [-0.2, -0.15) is 5.10 Å². The summed E-state index contributed by atoms with van der Waals surface area (Å²) in [4.78, 5) is 36.6. The van der Waals surface area contributed by atoms with Crippen molar-refractivity contribution in [1.29, 1.82) is 0 Å². The molecular formula is C20H16FN3O3. The number of carbonyl (C=O) groups excluding carboxylic acids is 2. The van der Waals surface area contributed by atoms with Gasteiger partial charge < -0.3 is 5.32 Å². The van der Waals surface area contributed by atoms with Crippen molar-refractivity contribution in [3.05, 3.63) is 87.6 Å². The molecule has 6 nitrogen and oxygen atoms in total. The van der Waals surface area contributed by atoms with Crippen molar-refractivity contribution in [3.8, 4) is 5.69 Å². The highest BCUT2D eigenvalue weighted by Gasteiger charge is 2.18. The first-order valence-corrected chi connectivity index (χ1v) is 8.15. The summed E-state index contributed by atoms with van der Waals surface area (Å²) in [6.45, 7) is 2.97. The molecule has 0 saturated heterocycles. The van der Waals surface area contributed by atoms with E-state index >= 15 is 0 Å². The van der Waals surface area contributed by atoms with E-state index in [0.29, 0.717) is 11.3 Å². The zero-order chi connectivity index (χ0) is 19.6. The summed E-state index contributed by atoms with van der Waals surface area (Å²) in [7, 11) is 0. The number of Topliss-reactive ketones (excluding diaryl/α,β-unsaturated/α-hetero) is 1. The summed E-state index contributed by atoms with van der Waals surface area (Å²) < 4.78 is 15.3. The molecule has 0 aliphatic rings. The highest BCUT2D eigenvalue weighted by molar-refractivity contribution is 6.08. The van der Waals surface area contributed by atoms with Gasteiger partial charge in [-0.15, -0.1) is 0 Å². The van der Waals surface area contributed by atoms with E-state index in [2.05, 4.69) is 10.4 Å². The Morgan fingerprint density at radius 3 is 2.44 bits per heavy atom. The molecule has 3 rings (SSSR count). The smallest absolute Gasteiger partial charge is 0.280 e. The van der Waals surface area contributed by atoms with Crippen LogP contribution in [0.3, 0.4) is 0 Å². The van der Waals surface area contributed by atoms with Gasteiger partial charge in [-0.1, -0.05) is 24.3 Å². The lowest BCUT2D eigenvalue weighted by Crippen LogP contribution is -2.27. The minimum atomic E-state index is -0.779. The number of aryl methyl sites for hydroxylation is 1. The summed E-state index contributed by atoms with van der Waals surface area (Å²) in [5.41, 5.74) is 0.0840. The number of nitrogens with zero attached hydrogens (tertiary/aromatic N) is 2. The molecule has 0 unspecified atom stereocenters. The van der Waals surface area contributed by atoms with E-state index < -0.39 is 22.8 Å². The summed E-state index contributed by atoms with van der Waals surface area (Å²) in [6.07, 6.45) is 0. The second-order valence-corrected chi connectivity index (χ2v) is 5.92. The SMILES string of the molecule is CC(=O)c1ccccc1NC(=O)c1nn(-c2ccccc2F)c(C)cc1=O. The second-order valence-electron chi connectivity index (χ2n) is 5.92. The molecule has 3 aromatic rings. The van der Waals surface area contributed by atoms with Gasteiger partial charge >= 0.3 is 0 Å². The molecule has 1 N–H and O–H groups in total. The normalized spacial score (nSPS) is 10.5. The number of ketones is 1. The number of para-hydroxylation sites is 2. The predicted molar refractivity (Wildman–Crippen MR) is 98.9 cm³/mol. The number of nitrogens with one attached hydrogen (secondary N) is 1. The molecule has 1 heterocycles. The first-order valence-electron chi connectivity index (χ1n) is 8.15. The van der Waals surface area contributed by atoms with Crippen LogP contribution in [0.5, 0.6) is 0 Å². The molecule has 0 atom stereocenters. The van der Waals surface area contributed by atoms with Crippen LogP contribution < -0.4 is 10.7 Å². The molecule has 0 bridgehead atoms. The van der Waals surface area contributed by atoms with Crippen molar-refractivity contribution in [2.75, 3.05) is 5.32 Å². The predicted octanol–water partition coefficient (Wildman–Crippen LogP) is 3.13. The Balaban J connectivity index is 2.04. The van der Waals surface area contributed by atoms with Crippen LogP contribution in [0.15, 0.2) is 59.4 Å². The van der Waals surface area contributed by atoms with Gasteiger partial charge in [0.25, 0.3) is 5.91 Å². The van der Waals surface area contributed by atoms with Gasteiger partial charge in [0, 0.05) is 17.3 Å². The minimum absolute atomic E-state index is 0.119. The van der Waals surface area contributed by atoms with Crippen molar-refractivity contribution < 1.29 is 14.0 Å². The van der Waals surface area contributed by atoms with Gasteiger partial charge in [0.15, 0.2) is 11.5 Å². The maximum atomic E-state index is 14.1. The molecule has 7 heteroatoms. The number of carbonyl (C=O) groups is 2. The fraction of sp³-hybridized carbons (Fsp3) is 0.100. The average molecular weight is 365 g/mol. The molecule has 0 fully saturated rings. The Kier molecular flexibility index (Phi) is 4.94. The van der Waals surface area contributed by atoms with Crippen LogP contribution in [0.25, 0.3) is 5.69 Å². The molecule has 0 aliphatic carbocycles. The summed E-state index contributed by atoms with van der Waals surface area (Å²) >= 11 is 0. The second kappa shape index (κ2) is 7.33. The third-order valence-electron chi connectivity index (χ3n) is 3.96. The Morgan fingerprint density at radius 1 is 1.07 bits per heavy atom. The van der Waals surface area contributed by atoms with Gasteiger partial charge in [0.1, 0.15) is 11.5 Å². The lowest BCUT2D eigenvalue weighted by atomic mass is 10.1. The summed E-state index contributed by atoms with van der Waals surface area (Å²) in [5, 5.41) is 6.57. The standard InChI is InChI=1S/C20H16FN3O3/c1-12-11-18(26)19(23-24(12)17-10-6-4-8-15(17)21)20(27)22-16-9-5-3-7-14(16)13(2)25/h3-11H,1-2H3,(H,22,27). The number of hydrogen-bond donors (Lipinski definition) is 1. The van der Waals surface area contributed by atoms with Crippen LogP contribution in [-0.2, 0) is 0 Å². The monoisotopic (exact) mass is 365 g/mol. The van der Waals surface area contributed by atoms with Gasteiger partial charge in [0.2, 0.25) is 5.43 Å². The first kappa shape index (κ1) is 18.2. The van der Waals surface area contributed by atoms with Crippen LogP contribution in [0.4, 0.5) is 10.1 Å². The van der Waals surface area contributed by atoms with Crippen molar-refractivity contribution in [3.63, 3.8) is 0 Å². The molecule has 0 radical (unpaired) electrons. The summed E-state index contributed by atoms with van der Waals surface area (Å²) in [5.74, 6) is -1.55. The van der Waals surface area contributed by atoms with Gasteiger partial charge in [-0.05, 0) is 38.1 Å². The van der Waals surface area contributed by atoms with E-state index in [-0.39, 0.29) is 17.2 Å². The van der Waals surface area contributed by atoms with Gasteiger partial charge in [-0.25, -0.2) is 9.07 Å². The van der Waals surface area contributed by atoms with E-state index in [4.69, 9.17) is 0 Å². The Bertz CT molecular complexity index is 1110. The molecule has 0 aliphatic heterocycles. The third kappa shape index (κ3) is 3.67. The lowest BCUT2D eigenvalue weighted by molar-refractivity contribution is 0.101. The Morgan fingerprint density at radius 2 is 1.74 bits per heavy atom. The van der Waals surface area contributed by atoms with Crippen LogP contribution in [-0.4, -0.2) is 21.5 Å². The van der Waals surface area contributed by atoms with E-state index in [0.717, 1.165) is 0 Å². The summed E-state index contributed by atoms with van der Waals surface area (Å²) in [6, 6.07) is 13.6. The number of benzene rings is 2. The molecule has 0 saturated carbocycles. The molecule has 1 amide bonds. The highest BCUT2D eigenvalue weighted by atomic mass is 19.1. The Labute approximate surface area is 154 Å². The number of amides is 1. The maximum Gasteiger partial charge on any atom is 0.280 e. The fourth-order valence-corrected chi connectivity index (χ4v) is 2.65. The van der Waals surface area contributed by atoms with E-state index in [1.165, 1.54) is 35.9 Å². The number of aromatic nitrogens is 2. The Hall–Kier alpha value is -3.61. The third-order valence-corrected chi connectivity index (χ3v) is 3.96. The average Bonchev–Trinajstić information content (AvgIpc) is 2.63. The van der Waals surface area contributed by atoms with Crippen LogP contribution in [0.1, 0.15) is 33.5 Å². The minimum Gasteiger partial charge on any atom is -0.320 e. The van der Waals surface area contributed by atoms with Gasteiger partial charge in [-0.3, -0.25) is 14.4 Å². The maximum absolute atomic E-state index is 14.1.